The van der Waals surface area contributed by atoms with Gasteiger partial charge in [-0.3, -0.25) is 9.78 Å². The summed E-state index contributed by atoms with van der Waals surface area (Å²) in [5.41, 5.74) is 0.344. The summed E-state index contributed by atoms with van der Waals surface area (Å²) < 4.78 is 2.31. The lowest BCUT2D eigenvalue weighted by Gasteiger charge is -2.16. The van der Waals surface area contributed by atoms with E-state index in [0.29, 0.717) is 18.3 Å². The van der Waals surface area contributed by atoms with Gasteiger partial charge < -0.3 is 9.88 Å². The number of aryl methyl sites for hydroxylation is 1. The zero-order valence-electron chi connectivity index (χ0n) is 13.8. The molecule has 1 fully saturated rings. The molecule has 1 amide bonds. The Morgan fingerprint density at radius 3 is 2.88 bits per heavy atom. The molecule has 0 aromatic carbocycles. The Morgan fingerprint density at radius 1 is 1.33 bits per heavy atom. The van der Waals surface area contributed by atoms with Crippen LogP contribution in [0.2, 0.25) is 0 Å². The Hall–Kier alpha value is -1.96. The summed E-state index contributed by atoms with van der Waals surface area (Å²) in [7, 11) is 0. The van der Waals surface area contributed by atoms with Gasteiger partial charge in [0.25, 0.3) is 5.91 Å². The lowest BCUT2D eigenvalue weighted by atomic mass is 10.2. The normalized spacial score (nSPS) is 14.9. The molecular weight excluding hydrogens is 324 g/mol. The van der Waals surface area contributed by atoms with Crippen LogP contribution in [0.3, 0.4) is 0 Å². The van der Waals surface area contributed by atoms with Gasteiger partial charge in [-0.15, -0.1) is 10.2 Å². The first-order valence-corrected chi connectivity index (χ1v) is 9.54. The van der Waals surface area contributed by atoms with Gasteiger partial charge in [-0.1, -0.05) is 24.6 Å². The standard InChI is InChI=1S/C16H22N6OS/c1-24-16-21-20-14(22(16)12-5-2-3-6-12)7-4-8-19-15(23)13-11-17-9-10-18-13/h9-12H,2-8H2,1H3,(H,19,23). The molecular formula is C16H22N6OS. The van der Waals surface area contributed by atoms with Crippen molar-refractivity contribution in [2.45, 2.75) is 49.7 Å². The van der Waals surface area contributed by atoms with Crippen molar-refractivity contribution >= 4 is 17.7 Å². The Labute approximate surface area is 145 Å². The molecule has 0 atom stereocenters. The van der Waals surface area contributed by atoms with Crippen molar-refractivity contribution in [1.29, 1.82) is 0 Å². The number of carbonyl (C=O) groups excluding carboxylic acids is 1. The van der Waals surface area contributed by atoms with Gasteiger partial charge in [0.2, 0.25) is 0 Å². The molecule has 128 valence electrons. The average molecular weight is 346 g/mol. The highest BCUT2D eigenvalue weighted by atomic mass is 32.2. The van der Waals surface area contributed by atoms with E-state index < -0.39 is 0 Å². The molecule has 1 saturated carbocycles. The SMILES string of the molecule is CSc1nnc(CCCNC(=O)c2cnccn2)n1C1CCCC1. The Bertz CT molecular complexity index is 668. The van der Waals surface area contributed by atoms with Crippen molar-refractivity contribution in [3.05, 3.63) is 30.1 Å². The molecule has 0 unspecified atom stereocenters. The predicted octanol–water partition coefficient (Wildman–Crippen LogP) is 2.27. The third kappa shape index (κ3) is 3.92. The first-order chi connectivity index (χ1) is 11.8. The monoisotopic (exact) mass is 346 g/mol. The van der Waals surface area contributed by atoms with Crippen LogP contribution in [0.5, 0.6) is 0 Å². The molecule has 1 aliphatic rings. The van der Waals surface area contributed by atoms with Crippen LogP contribution in [-0.4, -0.2) is 43.4 Å². The number of hydrogen-bond acceptors (Lipinski definition) is 6. The van der Waals surface area contributed by atoms with Gasteiger partial charge in [0.05, 0.1) is 6.20 Å². The van der Waals surface area contributed by atoms with E-state index in [1.165, 1.54) is 38.1 Å². The third-order valence-corrected chi connectivity index (χ3v) is 4.91. The minimum atomic E-state index is -0.190. The molecule has 1 N–H and O–H groups in total. The van der Waals surface area contributed by atoms with Gasteiger partial charge in [0.15, 0.2) is 5.16 Å². The number of carbonyl (C=O) groups is 1. The molecule has 2 aromatic rings. The highest BCUT2D eigenvalue weighted by molar-refractivity contribution is 7.98. The highest BCUT2D eigenvalue weighted by Gasteiger charge is 2.23. The van der Waals surface area contributed by atoms with Crippen molar-refractivity contribution in [2.75, 3.05) is 12.8 Å². The van der Waals surface area contributed by atoms with E-state index in [0.717, 1.165) is 23.8 Å². The van der Waals surface area contributed by atoms with E-state index in [-0.39, 0.29) is 5.91 Å². The van der Waals surface area contributed by atoms with Crippen molar-refractivity contribution in [3.63, 3.8) is 0 Å². The fourth-order valence-electron chi connectivity index (χ4n) is 3.10. The van der Waals surface area contributed by atoms with Crippen molar-refractivity contribution in [2.24, 2.45) is 0 Å². The largest absolute Gasteiger partial charge is 0.351 e. The summed E-state index contributed by atoms with van der Waals surface area (Å²) in [4.78, 5) is 19.8. The summed E-state index contributed by atoms with van der Waals surface area (Å²) in [6.45, 7) is 0.585. The van der Waals surface area contributed by atoms with Crippen LogP contribution < -0.4 is 5.32 Å². The summed E-state index contributed by atoms with van der Waals surface area (Å²) >= 11 is 1.65. The fourth-order valence-corrected chi connectivity index (χ4v) is 3.68. The van der Waals surface area contributed by atoms with Crippen LogP contribution in [0.4, 0.5) is 0 Å². The Balaban J connectivity index is 1.53. The topological polar surface area (TPSA) is 85.6 Å². The van der Waals surface area contributed by atoms with Gasteiger partial charge in [0, 0.05) is 31.4 Å². The van der Waals surface area contributed by atoms with Gasteiger partial charge in [-0.2, -0.15) is 0 Å². The second-order valence-corrected chi connectivity index (χ2v) is 6.63. The lowest BCUT2D eigenvalue weighted by Crippen LogP contribution is -2.26. The molecule has 0 aliphatic heterocycles. The van der Waals surface area contributed by atoms with Crippen molar-refractivity contribution in [3.8, 4) is 0 Å². The van der Waals surface area contributed by atoms with Gasteiger partial charge in [-0.05, 0) is 25.5 Å². The lowest BCUT2D eigenvalue weighted by molar-refractivity contribution is 0.0947. The molecule has 1 aliphatic carbocycles. The third-order valence-electron chi connectivity index (χ3n) is 4.27. The summed E-state index contributed by atoms with van der Waals surface area (Å²) in [5.74, 6) is 0.838. The van der Waals surface area contributed by atoms with Crippen molar-refractivity contribution < 1.29 is 4.79 Å². The Morgan fingerprint density at radius 2 is 2.17 bits per heavy atom. The molecule has 24 heavy (non-hydrogen) atoms. The molecule has 8 heteroatoms. The molecule has 2 aromatic heterocycles. The molecule has 0 bridgehead atoms. The maximum absolute atomic E-state index is 11.9. The second-order valence-electron chi connectivity index (χ2n) is 5.86. The van der Waals surface area contributed by atoms with Crippen LogP contribution in [0.25, 0.3) is 0 Å². The molecule has 0 spiro atoms. The van der Waals surface area contributed by atoms with Crippen LogP contribution in [-0.2, 0) is 6.42 Å². The number of rotatable bonds is 7. The number of hydrogen-bond donors (Lipinski definition) is 1. The van der Waals surface area contributed by atoms with E-state index >= 15 is 0 Å². The molecule has 0 radical (unpaired) electrons. The number of nitrogens with zero attached hydrogens (tertiary/aromatic N) is 5. The van der Waals surface area contributed by atoms with Gasteiger partial charge in [-0.25, -0.2) is 4.98 Å². The minimum absolute atomic E-state index is 0.190. The smallest absolute Gasteiger partial charge is 0.271 e. The summed E-state index contributed by atoms with van der Waals surface area (Å²) in [6.07, 6.45) is 13.2. The van der Waals surface area contributed by atoms with Crippen molar-refractivity contribution in [1.82, 2.24) is 30.0 Å². The summed E-state index contributed by atoms with van der Waals surface area (Å²) in [6, 6.07) is 0.534. The van der Waals surface area contributed by atoms with Crippen LogP contribution in [0.15, 0.2) is 23.7 Å². The maximum Gasteiger partial charge on any atom is 0.271 e. The number of aromatic nitrogens is 5. The van der Waals surface area contributed by atoms with E-state index in [2.05, 4.69) is 30.0 Å². The number of thioether (sulfide) groups is 1. The van der Waals surface area contributed by atoms with Crippen LogP contribution in [0, 0.1) is 0 Å². The van der Waals surface area contributed by atoms with E-state index in [1.807, 2.05) is 6.26 Å². The second kappa shape index (κ2) is 8.23. The van der Waals surface area contributed by atoms with Crippen LogP contribution in [0.1, 0.15) is 54.5 Å². The average Bonchev–Trinajstić information content (AvgIpc) is 3.28. The molecule has 3 rings (SSSR count). The molecule has 0 saturated heterocycles. The first-order valence-electron chi connectivity index (χ1n) is 8.31. The zero-order valence-corrected chi connectivity index (χ0v) is 14.6. The Kier molecular flexibility index (Phi) is 5.79. The first kappa shape index (κ1) is 16.9. The predicted molar refractivity (Wildman–Crippen MR) is 92.0 cm³/mol. The summed E-state index contributed by atoms with van der Waals surface area (Å²) in [5, 5.41) is 12.5. The van der Waals surface area contributed by atoms with E-state index in [4.69, 9.17) is 0 Å². The fraction of sp³-hybridized carbons (Fsp3) is 0.562. The molecule has 2 heterocycles. The van der Waals surface area contributed by atoms with Gasteiger partial charge >= 0.3 is 0 Å². The van der Waals surface area contributed by atoms with E-state index in [9.17, 15) is 4.79 Å². The highest BCUT2D eigenvalue weighted by Crippen LogP contribution is 2.33. The van der Waals surface area contributed by atoms with E-state index in [1.54, 1.807) is 18.0 Å². The zero-order chi connectivity index (χ0) is 16.8. The number of nitrogens with one attached hydrogen (secondary N) is 1. The number of amides is 1. The molecule has 7 nitrogen and oxygen atoms in total. The maximum atomic E-state index is 11.9. The minimum Gasteiger partial charge on any atom is -0.351 e. The van der Waals surface area contributed by atoms with Crippen LogP contribution >= 0.6 is 11.8 Å². The quantitative estimate of drug-likeness (QED) is 0.611. The van der Waals surface area contributed by atoms with Gasteiger partial charge in [0.1, 0.15) is 11.5 Å².